The zero-order chi connectivity index (χ0) is 17.4. The fourth-order valence-electron chi connectivity index (χ4n) is 2.11. The second-order valence-corrected chi connectivity index (χ2v) is 6.92. The summed E-state index contributed by atoms with van der Waals surface area (Å²) in [5.41, 5.74) is 2.50. The van der Waals surface area contributed by atoms with Crippen molar-refractivity contribution in [2.24, 2.45) is 0 Å². The molecule has 2 aromatic rings. The van der Waals surface area contributed by atoms with Gasteiger partial charge in [-0.3, -0.25) is 14.4 Å². The van der Waals surface area contributed by atoms with E-state index >= 15 is 0 Å². The van der Waals surface area contributed by atoms with E-state index in [0.717, 1.165) is 12.0 Å². The van der Waals surface area contributed by atoms with Crippen LogP contribution in [0.3, 0.4) is 0 Å². The number of thiophene rings is 1. The standard InChI is InChI=1S/C18H22N2O3S/c1-18(2,14-7-4-3-5-8-14)17(22)20-23-13-16(21)19-11-10-15-9-6-12-24-15/h3-9,12H,10-11,13H2,1-2H3,(H,19,21)(H,20,22). The molecule has 1 heterocycles. The van der Waals surface area contributed by atoms with Gasteiger partial charge in [0.15, 0.2) is 6.61 Å². The minimum atomic E-state index is -0.739. The van der Waals surface area contributed by atoms with Crippen LogP contribution in [0.4, 0.5) is 0 Å². The van der Waals surface area contributed by atoms with Crippen molar-refractivity contribution in [2.45, 2.75) is 25.7 Å². The highest BCUT2D eigenvalue weighted by Crippen LogP contribution is 2.22. The number of hydrogen-bond donors (Lipinski definition) is 2. The summed E-state index contributed by atoms with van der Waals surface area (Å²) in [7, 11) is 0. The van der Waals surface area contributed by atoms with E-state index in [0.29, 0.717) is 6.54 Å². The molecule has 128 valence electrons. The van der Waals surface area contributed by atoms with Crippen LogP contribution in [-0.4, -0.2) is 25.0 Å². The maximum atomic E-state index is 12.2. The Morgan fingerprint density at radius 3 is 2.54 bits per heavy atom. The predicted octanol–water partition coefficient (Wildman–Crippen LogP) is 2.43. The molecule has 0 spiro atoms. The highest BCUT2D eigenvalue weighted by molar-refractivity contribution is 7.09. The van der Waals surface area contributed by atoms with Gasteiger partial charge in [-0.25, -0.2) is 5.48 Å². The van der Waals surface area contributed by atoms with Crippen molar-refractivity contribution in [1.29, 1.82) is 0 Å². The number of benzene rings is 1. The topological polar surface area (TPSA) is 67.4 Å². The molecule has 6 heteroatoms. The molecule has 0 atom stereocenters. The van der Waals surface area contributed by atoms with Crippen molar-refractivity contribution in [2.75, 3.05) is 13.2 Å². The van der Waals surface area contributed by atoms with Crippen LogP contribution in [0.25, 0.3) is 0 Å². The molecule has 1 aromatic carbocycles. The van der Waals surface area contributed by atoms with Crippen LogP contribution in [0.15, 0.2) is 47.8 Å². The van der Waals surface area contributed by atoms with Crippen molar-refractivity contribution in [3.63, 3.8) is 0 Å². The summed E-state index contributed by atoms with van der Waals surface area (Å²) < 4.78 is 0. The lowest BCUT2D eigenvalue weighted by Crippen LogP contribution is -2.42. The monoisotopic (exact) mass is 346 g/mol. The minimum Gasteiger partial charge on any atom is -0.354 e. The van der Waals surface area contributed by atoms with Crippen LogP contribution < -0.4 is 10.8 Å². The van der Waals surface area contributed by atoms with Crippen molar-refractivity contribution in [3.05, 3.63) is 58.3 Å². The number of amides is 2. The summed E-state index contributed by atoms with van der Waals surface area (Å²) in [6.45, 7) is 3.96. The van der Waals surface area contributed by atoms with E-state index in [-0.39, 0.29) is 18.4 Å². The van der Waals surface area contributed by atoms with Gasteiger partial charge in [-0.05, 0) is 37.3 Å². The zero-order valence-electron chi connectivity index (χ0n) is 13.9. The normalized spacial score (nSPS) is 11.1. The molecule has 0 aliphatic heterocycles. The number of rotatable bonds is 8. The molecular formula is C18H22N2O3S. The maximum absolute atomic E-state index is 12.2. The summed E-state index contributed by atoms with van der Waals surface area (Å²) in [6, 6.07) is 13.4. The first-order valence-corrected chi connectivity index (χ1v) is 8.65. The molecule has 2 amide bonds. The number of nitrogens with one attached hydrogen (secondary N) is 2. The third-order valence-corrected chi connectivity index (χ3v) is 4.64. The Balaban J connectivity index is 1.69. The highest BCUT2D eigenvalue weighted by Gasteiger charge is 2.29. The molecular weight excluding hydrogens is 324 g/mol. The van der Waals surface area contributed by atoms with Crippen LogP contribution in [0.2, 0.25) is 0 Å². The summed E-state index contributed by atoms with van der Waals surface area (Å²) in [5, 5.41) is 4.76. The van der Waals surface area contributed by atoms with Crippen LogP contribution >= 0.6 is 11.3 Å². The second kappa shape index (κ2) is 8.61. The molecule has 1 aromatic heterocycles. The molecule has 0 saturated carbocycles. The van der Waals surface area contributed by atoms with Gasteiger partial charge in [0.2, 0.25) is 5.91 Å². The summed E-state index contributed by atoms with van der Waals surface area (Å²) in [4.78, 5) is 30.2. The molecule has 0 bridgehead atoms. The van der Waals surface area contributed by atoms with Gasteiger partial charge in [-0.2, -0.15) is 0 Å². The first-order valence-electron chi connectivity index (χ1n) is 7.77. The Hall–Kier alpha value is -2.18. The Morgan fingerprint density at radius 1 is 1.12 bits per heavy atom. The molecule has 0 unspecified atom stereocenters. The van der Waals surface area contributed by atoms with Gasteiger partial charge >= 0.3 is 0 Å². The first-order chi connectivity index (χ1) is 11.5. The molecule has 2 N–H and O–H groups in total. The van der Waals surface area contributed by atoms with Gasteiger partial charge in [-0.1, -0.05) is 36.4 Å². The Kier molecular flexibility index (Phi) is 6.52. The zero-order valence-corrected chi connectivity index (χ0v) is 14.7. The van der Waals surface area contributed by atoms with E-state index in [1.807, 2.05) is 61.7 Å². The highest BCUT2D eigenvalue weighted by atomic mass is 32.1. The average molecular weight is 346 g/mol. The molecule has 0 saturated heterocycles. The van der Waals surface area contributed by atoms with Gasteiger partial charge in [0.05, 0.1) is 5.41 Å². The fraction of sp³-hybridized carbons (Fsp3) is 0.333. The van der Waals surface area contributed by atoms with Crippen molar-refractivity contribution in [1.82, 2.24) is 10.8 Å². The lowest BCUT2D eigenvalue weighted by atomic mass is 9.84. The molecule has 2 rings (SSSR count). The van der Waals surface area contributed by atoms with E-state index in [9.17, 15) is 9.59 Å². The third-order valence-electron chi connectivity index (χ3n) is 3.70. The van der Waals surface area contributed by atoms with Gasteiger partial charge in [0, 0.05) is 11.4 Å². The largest absolute Gasteiger partial charge is 0.354 e. The fourth-order valence-corrected chi connectivity index (χ4v) is 2.82. The van der Waals surface area contributed by atoms with E-state index < -0.39 is 5.41 Å². The number of hydrogen-bond acceptors (Lipinski definition) is 4. The Bertz CT molecular complexity index is 654. The quantitative estimate of drug-likeness (QED) is 0.722. The molecule has 0 radical (unpaired) electrons. The van der Waals surface area contributed by atoms with E-state index in [1.165, 1.54) is 4.88 Å². The molecule has 0 aliphatic rings. The van der Waals surface area contributed by atoms with E-state index in [2.05, 4.69) is 10.8 Å². The molecule has 24 heavy (non-hydrogen) atoms. The van der Waals surface area contributed by atoms with Crippen molar-refractivity contribution < 1.29 is 14.4 Å². The van der Waals surface area contributed by atoms with Crippen LogP contribution in [0.1, 0.15) is 24.3 Å². The Labute approximate surface area is 146 Å². The van der Waals surface area contributed by atoms with Crippen molar-refractivity contribution in [3.8, 4) is 0 Å². The summed E-state index contributed by atoms with van der Waals surface area (Å²) >= 11 is 1.66. The molecule has 5 nitrogen and oxygen atoms in total. The lowest BCUT2D eigenvalue weighted by Gasteiger charge is -2.23. The van der Waals surface area contributed by atoms with Crippen LogP contribution in [0.5, 0.6) is 0 Å². The lowest BCUT2D eigenvalue weighted by molar-refractivity contribution is -0.142. The average Bonchev–Trinajstić information content (AvgIpc) is 3.09. The smallest absolute Gasteiger partial charge is 0.253 e. The molecule has 0 fully saturated rings. The van der Waals surface area contributed by atoms with Gasteiger partial charge < -0.3 is 5.32 Å². The second-order valence-electron chi connectivity index (χ2n) is 5.89. The number of carbonyl (C=O) groups excluding carboxylic acids is 2. The first kappa shape index (κ1) is 18.2. The summed E-state index contributed by atoms with van der Waals surface area (Å²) in [5.74, 6) is -0.551. The SMILES string of the molecule is CC(C)(C(=O)NOCC(=O)NCCc1cccs1)c1ccccc1. The van der Waals surface area contributed by atoms with Crippen LogP contribution in [-0.2, 0) is 26.3 Å². The van der Waals surface area contributed by atoms with Gasteiger partial charge in [0.25, 0.3) is 5.91 Å². The third kappa shape index (κ3) is 5.18. The van der Waals surface area contributed by atoms with Crippen LogP contribution in [0, 0.1) is 0 Å². The molecule has 0 aliphatic carbocycles. The Morgan fingerprint density at radius 2 is 1.88 bits per heavy atom. The maximum Gasteiger partial charge on any atom is 0.253 e. The van der Waals surface area contributed by atoms with Gasteiger partial charge in [0.1, 0.15) is 0 Å². The van der Waals surface area contributed by atoms with E-state index in [4.69, 9.17) is 4.84 Å². The summed E-state index contributed by atoms with van der Waals surface area (Å²) in [6.07, 6.45) is 0.788. The predicted molar refractivity (Wildman–Crippen MR) is 94.6 cm³/mol. The minimum absolute atomic E-state index is 0.207. The number of carbonyl (C=O) groups is 2. The van der Waals surface area contributed by atoms with Gasteiger partial charge in [-0.15, -0.1) is 11.3 Å². The van der Waals surface area contributed by atoms with Crippen molar-refractivity contribution >= 4 is 23.2 Å². The number of hydroxylamine groups is 1. The van der Waals surface area contributed by atoms with E-state index in [1.54, 1.807) is 11.3 Å².